The summed E-state index contributed by atoms with van der Waals surface area (Å²) in [6.45, 7) is 0. The molecule has 0 aromatic heterocycles. The number of ether oxygens (including phenoxy) is 1. The first-order valence-corrected chi connectivity index (χ1v) is 7.28. The fourth-order valence-electron chi connectivity index (χ4n) is 1.87. The van der Waals surface area contributed by atoms with Crippen LogP contribution in [0.15, 0.2) is 29.4 Å². The van der Waals surface area contributed by atoms with E-state index >= 15 is 0 Å². The van der Waals surface area contributed by atoms with E-state index in [0.717, 1.165) is 0 Å². The highest BCUT2D eigenvalue weighted by Gasteiger charge is 2.29. The van der Waals surface area contributed by atoms with Crippen molar-refractivity contribution in [2.45, 2.75) is 12.5 Å². The lowest BCUT2D eigenvalue weighted by Gasteiger charge is -2.14. The molecule has 2 rings (SSSR count). The Kier molecular flexibility index (Phi) is 3.42. The summed E-state index contributed by atoms with van der Waals surface area (Å²) in [4.78, 5) is 0. The molecule has 0 radical (unpaired) electrons. The molecule has 7 heteroatoms. The highest BCUT2D eigenvalue weighted by molar-refractivity contribution is 7.91. The van der Waals surface area contributed by atoms with Gasteiger partial charge in [-0.05, 0) is 18.6 Å². The lowest BCUT2D eigenvalue weighted by atomic mass is 10.2. The second-order valence-corrected chi connectivity index (χ2v) is 6.35. The Labute approximate surface area is 105 Å². The van der Waals surface area contributed by atoms with Gasteiger partial charge in [0.15, 0.2) is 15.7 Å². The van der Waals surface area contributed by atoms with Crippen LogP contribution < -0.4 is 10.5 Å². The molecule has 0 bridgehead atoms. The van der Waals surface area contributed by atoms with Gasteiger partial charge in [-0.15, -0.1) is 0 Å². The van der Waals surface area contributed by atoms with Gasteiger partial charge in [-0.2, -0.15) is 0 Å². The van der Waals surface area contributed by atoms with Crippen LogP contribution in [0.25, 0.3) is 0 Å². The molecule has 0 aliphatic carbocycles. The van der Waals surface area contributed by atoms with Crippen molar-refractivity contribution in [3.63, 3.8) is 0 Å². The van der Waals surface area contributed by atoms with Crippen LogP contribution in [0.3, 0.4) is 0 Å². The molecule has 0 spiro atoms. The summed E-state index contributed by atoms with van der Waals surface area (Å²) in [6, 6.07) is 6.78. The summed E-state index contributed by atoms with van der Waals surface area (Å²) in [6.07, 6.45) is 0.0926. The molecule has 1 aliphatic rings. The number of sulfone groups is 1. The molecule has 1 fully saturated rings. The van der Waals surface area contributed by atoms with Gasteiger partial charge in [0.2, 0.25) is 0 Å². The number of para-hydroxylation sites is 1. The first-order valence-electron chi connectivity index (χ1n) is 5.46. The van der Waals surface area contributed by atoms with E-state index in [1.165, 1.54) is 0 Å². The van der Waals surface area contributed by atoms with Gasteiger partial charge in [0, 0.05) is 0 Å². The maximum atomic E-state index is 11.3. The third kappa shape index (κ3) is 2.73. The molecule has 1 aromatic rings. The van der Waals surface area contributed by atoms with E-state index in [-0.39, 0.29) is 23.4 Å². The minimum absolute atomic E-state index is 0.0114. The van der Waals surface area contributed by atoms with E-state index in [0.29, 0.717) is 17.7 Å². The van der Waals surface area contributed by atoms with Crippen molar-refractivity contribution >= 4 is 15.7 Å². The van der Waals surface area contributed by atoms with Crippen LogP contribution in [-0.2, 0) is 9.84 Å². The topological polar surface area (TPSA) is 102 Å². The molecule has 1 aliphatic heterocycles. The van der Waals surface area contributed by atoms with Crippen LogP contribution in [0.5, 0.6) is 5.75 Å². The van der Waals surface area contributed by atoms with Gasteiger partial charge in [-0.25, -0.2) is 8.42 Å². The first-order chi connectivity index (χ1) is 8.52. The zero-order chi connectivity index (χ0) is 13.2. The van der Waals surface area contributed by atoms with Crippen LogP contribution in [0, 0.1) is 0 Å². The Morgan fingerprint density at radius 3 is 2.78 bits per heavy atom. The summed E-state index contributed by atoms with van der Waals surface area (Å²) in [5.41, 5.74) is 5.97. The molecular formula is C11H14N2O4S. The third-order valence-corrected chi connectivity index (χ3v) is 4.49. The molecular weight excluding hydrogens is 256 g/mol. The van der Waals surface area contributed by atoms with E-state index in [1.54, 1.807) is 24.3 Å². The number of nitrogens with two attached hydrogens (primary N) is 1. The fraction of sp³-hybridized carbons (Fsp3) is 0.364. The van der Waals surface area contributed by atoms with Crippen molar-refractivity contribution in [2.24, 2.45) is 10.9 Å². The molecule has 1 saturated heterocycles. The minimum Gasteiger partial charge on any atom is -0.489 e. The maximum Gasteiger partial charge on any atom is 0.173 e. The Bertz CT molecular complexity index is 568. The number of hydrogen-bond donors (Lipinski definition) is 2. The van der Waals surface area contributed by atoms with Crippen LogP contribution in [-0.4, -0.2) is 37.1 Å². The average molecular weight is 270 g/mol. The van der Waals surface area contributed by atoms with Gasteiger partial charge in [-0.1, -0.05) is 17.3 Å². The van der Waals surface area contributed by atoms with Gasteiger partial charge in [0.05, 0.1) is 17.1 Å². The van der Waals surface area contributed by atoms with E-state index in [1.807, 2.05) is 0 Å². The number of benzene rings is 1. The highest BCUT2D eigenvalue weighted by atomic mass is 32.2. The number of rotatable bonds is 3. The standard InChI is InChI=1S/C11H14N2O4S/c12-11(13-14)9-3-1-2-4-10(9)17-8-5-6-18(15,16)7-8/h1-4,8,14H,5-7H2,(H2,12,13). The van der Waals surface area contributed by atoms with Crippen LogP contribution in [0.2, 0.25) is 0 Å². The van der Waals surface area contributed by atoms with Crippen molar-refractivity contribution in [2.75, 3.05) is 11.5 Å². The van der Waals surface area contributed by atoms with E-state index in [2.05, 4.69) is 5.16 Å². The van der Waals surface area contributed by atoms with Crippen molar-refractivity contribution in [3.8, 4) is 5.75 Å². The van der Waals surface area contributed by atoms with E-state index < -0.39 is 9.84 Å². The lowest BCUT2D eigenvalue weighted by Crippen LogP contribution is -2.21. The molecule has 1 unspecified atom stereocenters. The molecule has 3 N–H and O–H groups in total. The minimum atomic E-state index is -2.99. The normalized spacial score (nSPS) is 22.9. The highest BCUT2D eigenvalue weighted by Crippen LogP contribution is 2.23. The van der Waals surface area contributed by atoms with Crippen molar-refractivity contribution < 1.29 is 18.4 Å². The summed E-state index contributed by atoms with van der Waals surface area (Å²) in [5, 5.41) is 11.6. The van der Waals surface area contributed by atoms with Crippen molar-refractivity contribution in [1.82, 2.24) is 0 Å². The van der Waals surface area contributed by atoms with Gasteiger partial charge < -0.3 is 15.7 Å². The second-order valence-electron chi connectivity index (χ2n) is 4.12. The summed E-state index contributed by atoms with van der Waals surface area (Å²) in [7, 11) is -2.99. The number of nitrogens with zero attached hydrogens (tertiary/aromatic N) is 1. The summed E-state index contributed by atoms with van der Waals surface area (Å²) < 4.78 is 28.3. The molecule has 1 heterocycles. The summed E-state index contributed by atoms with van der Waals surface area (Å²) >= 11 is 0. The molecule has 0 saturated carbocycles. The Morgan fingerprint density at radius 2 is 2.17 bits per heavy atom. The number of oxime groups is 1. The van der Waals surface area contributed by atoms with Crippen LogP contribution in [0.1, 0.15) is 12.0 Å². The van der Waals surface area contributed by atoms with Crippen molar-refractivity contribution in [1.29, 1.82) is 0 Å². The van der Waals surface area contributed by atoms with Crippen molar-refractivity contribution in [3.05, 3.63) is 29.8 Å². The molecule has 98 valence electrons. The number of amidine groups is 1. The summed E-state index contributed by atoms with van der Waals surface area (Å²) in [5.74, 6) is 0.516. The zero-order valence-corrected chi connectivity index (χ0v) is 10.4. The van der Waals surface area contributed by atoms with Gasteiger partial charge in [-0.3, -0.25) is 0 Å². The quantitative estimate of drug-likeness (QED) is 0.357. The Morgan fingerprint density at radius 1 is 1.44 bits per heavy atom. The Balaban J connectivity index is 2.20. The smallest absolute Gasteiger partial charge is 0.173 e. The molecule has 1 atom stereocenters. The van der Waals surface area contributed by atoms with Gasteiger partial charge in [0.1, 0.15) is 11.9 Å². The van der Waals surface area contributed by atoms with E-state index in [9.17, 15) is 8.42 Å². The van der Waals surface area contributed by atoms with Gasteiger partial charge in [0.25, 0.3) is 0 Å². The first kappa shape index (κ1) is 12.7. The molecule has 6 nitrogen and oxygen atoms in total. The predicted molar refractivity (Wildman–Crippen MR) is 66.6 cm³/mol. The Hall–Kier alpha value is -1.76. The lowest BCUT2D eigenvalue weighted by molar-refractivity contribution is 0.228. The van der Waals surface area contributed by atoms with Crippen LogP contribution >= 0.6 is 0 Å². The largest absolute Gasteiger partial charge is 0.489 e. The monoisotopic (exact) mass is 270 g/mol. The average Bonchev–Trinajstić information content (AvgIpc) is 2.68. The van der Waals surface area contributed by atoms with Crippen LogP contribution in [0.4, 0.5) is 0 Å². The predicted octanol–water partition coefficient (Wildman–Crippen LogP) is 0.347. The molecule has 18 heavy (non-hydrogen) atoms. The third-order valence-electron chi connectivity index (χ3n) is 2.76. The maximum absolute atomic E-state index is 11.3. The zero-order valence-electron chi connectivity index (χ0n) is 9.61. The molecule has 0 amide bonds. The SMILES string of the molecule is N/C(=N\O)c1ccccc1OC1CCS(=O)(=O)C1. The number of hydrogen-bond acceptors (Lipinski definition) is 5. The van der Waals surface area contributed by atoms with E-state index in [4.69, 9.17) is 15.7 Å². The van der Waals surface area contributed by atoms with Gasteiger partial charge >= 0.3 is 0 Å². The second kappa shape index (κ2) is 4.85. The molecule has 1 aromatic carbocycles. The fourth-order valence-corrected chi connectivity index (χ4v) is 3.46.